The Balaban J connectivity index is 2.39. The van der Waals surface area contributed by atoms with Crippen molar-refractivity contribution in [3.8, 4) is 17.2 Å². The molecule has 0 atom stereocenters. The lowest BCUT2D eigenvalue weighted by atomic mass is 10.2. The van der Waals surface area contributed by atoms with Crippen molar-refractivity contribution in [1.82, 2.24) is 0 Å². The lowest BCUT2D eigenvalue weighted by Gasteiger charge is -2.13. The van der Waals surface area contributed by atoms with Crippen molar-refractivity contribution >= 4 is 47.8 Å². The van der Waals surface area contributed by atoms with Crippen LogP contribution in [0.25, 0.3) is 0 Å². The molecule has 0 fully saturated rings. The Morgan fingerprint density at radius 2 is 1.60 bits per heavy atom. The summed E-state index contributed by atoms with van der Waals surface area (Å²) in [5, 5.41) is 9.36. The molecule has 0 saturated heterocycles. The average Bonchev–Trinajstić information content (AvgIpc) is 2.42. The van der Waals surface area contributed by atoms with E-state index in [9.17, 15) is 5.11 Å². The molecule has 0 aliphatic heterocycles. The molecule has 6 heteroatoms. The molecule has 20 heavy (non-hydrogen) atoms. The van der Waals surface area contributed by atoms with E-state index in [-0.39, 0.29) is 6.61 Å². The second-order valence-corrected chi connectivity index (χ2v) is 6.55. The van der Waals surface area contributed by atoms with E-state index >= 15 is 0 Å². The standard InChI is InChI=1S/C14H11Br3O3/c1-19-13-5-11(17)14(6-10(13)16)20-12-4-9(15)3-2-8(12)7-18/h2-6,18H,7H2,1H3. The fourth-order valence-corrected chi connectivity index (χ4v) is 2.85. The highest BCUT2D eigenvalue weighted by Gasteiger charge is 2.11. The number of aliphatic hydroxyl groups is 1. The molecule has 0 unspecified atom stereocenters. The van der Waals surface area contributed by atoms with E-state index < -0.39 is 0 Å². The normalized spacial score (nSPS) is 10.4. The van der Waals surface area contributed by atoms with E-state index in [1.165, 1.54) is 0 Å². The SMILES string of the molecule is COc1cc(Br)c(Oc2cc(Br)ccc2CO)cc1Br. The summed E-state index contributed by atoms with van der Waals surface area (Å²) < 4.78 is 13.5. The van der Waals surface area contributed by atoms with Crippen LogP contribution in [0.4, 0.5) is 0 Å². The van der Waals surface area contributed by atoms with Gasteiger partial charge in [-0.05, 0) is 56.1 Å². The first-order valence-corrected chi connectivity index (χ1v) is 8.03. The Kier molecular flexibility index (Phi) is 5.49. The van der Waals surface area contributed by atoms with Crippen molar-refractivity contribution in [1.29, 1.82) is 0 Å². The number of hydrogen-bond donors (Lipinski definition) is 1. The number of benzene rings is 2. The summed E-state index contributed by atoms with van der Waals surface area (Å²) in [7, 11) is 1.60. The fraction of sp³-hybridized carbons (Fsp3) is 0.143. The third kappa shape index (κ3) is 3.55. The van der Waals surface area contributed by atoms with Crippen LogP contribution in [0.5, 0.6) is 17.2 Å². The fourth-order valence-electron chi connectivity index (χ4n) is 1.62. The number of hydrogen-bond acceptors (Lipinski definition) is 3. The molecular formula is C14H11Br3O3. The predicted molar refractivity (Wildman–Crippen MR) is 88.5 cm³/mol. The maximum absolute atomic E-state index is 9.36. The zero-order valence-corrected chi connectivity index (χ0v) is 15.2. The van der Waals surface area contributed by atoms with Gasteiger partial charge in [0.15, 0.2) is 0 Å². The van der Waals surface area contributed by atoms with Gasteiger partial charge in [-0.1, -0.05) is 22.0 Å². The van der Waals surface area contributed by atoms with Gasteiger partial charge >= 0.3 is 0 Å². The summed E-state index contributed by atoms with van der Waals surface area (Å²) >= 11 is 10.3. The van der Waals surface area contributed by atoms with Gasteiger partial charge in [0.25, 0.3) is 0 Å². The summed E-state index contributed by atoms with van der Waals surface area (Å²) in [5.41, 5.74) is 0.715. The summed E-state index contributed by atoms with van der Waals surface area (Å²) in [6, 6.07) is 9.11. The van der Waals surface area contributed by atoms with Gasteiger partial charge in [0.05, 0.1) is 22.7 Å². The van der Waals surface area contributed by atoms with Crippen molar-refractivity contribution in [2.24, 2.45) is 0 Å². The first-order chi connectivity index (χ1) is 9.55. The summed E-state index contributed by atoms with van der Waals surface area (Å²) in [5.74, 6) is 1.94. The highest BCUT2D eigenvalue weighted by atomic mass is 79.9. The largest absolute Gasteiger partial charge is 0.496 e. The van der Waals surface area contributed by atoms with Gasteiger partial charge in [-0.15, -0.1) is 0 Å². The molecule has 2 rings (SSSR count). The lowest BCUT2D eigenvalue weighted by Crippen LogP contribution is -1.93. The van der Waals surface area contributed by atoms with Crippen LogP contribution in [-0.2, 0) is 6.61 Å². The molecule has 0 aliphatic carbocycles. The summed E-state index contributed by atoms with van der Waals surface area (Å²) in [6.45, 7) is -0.0858. The second-order valence-electron chi connectivity index (χ2n) is 3.93. The Bertz CT molecular complexity index is 629. The van der Waals surface area contributed by atoms with Crippen molar-refractivity contribution in [3.63, 3.8) is 0 Å². The van der Waals surface area contributed by atoms with Gasteiger partial charge in [0.2, 0.25) is 0 Å². The number of methoxy groups -OCH3 is 1. The Hall–Kier alpha value is -0.560. The van der Waals surface area contributed by atoms with Gasteiger partial charge in [-0.25, -0.2) is 0 Å². The minimum atomic E-state index is -0.0858. The van der Waals surface area contributed by atoms with Crippen LogP contribution in [0.1, 0.15) is 5.56 Å². The Morgan fingerprint density at radius 3 is 2.25 bits per heavy atom. The van der Waals surface area contributed by atoms with Crippen molar-refractivity contribution in [2.45, 2.75) is 6.61 Å². The Morgan fingerprint density at radius 1 is 0.950 bits per heavy atom. The highest BCUT2D eigenvalue weighted by molar-refractivity contribution is 9.11. The molecule has 106 valence electrons. The first-order valence-electron chi connectivity index (χ1n) is 5.65. The van der Waals surface area contributed by atoms with Gasteiger partial charge in [0.1, 0.15) is 17.2 Å². The number of aliphatic hydroxyl groups excluding tert-OH is 1. The molecule has 0 heterocycles. The second kappa shape index (κ2) is 6.93. The van der Waals surface area contributed by atoms with Gasteiger partial charge in [0, 0.05) is 10.0 Å². The van der Waals surface area contributed by atoms with Crippen molar-refractivity contribution < 1.29 is 14.6 Å². The lowest BCUT2D eigenvalue weighted by molar-refractivity contribution is 0.276. The summed E-state index contributed by atoms with van der Waals surface area (Å²) in [4.78, 5) is 0. The number of rotatable bonds is 4. The van der Waals surface area contributed by atoms with E-state index in [4.69, 9.17) is 9.47 Å². The molecule has 0 saturated carbocycles. The molecule has 0 aromatic heterocycles. The molecule has 2 aromatic rings. The third-order valence-corrected chi connectivity index (χ3v) is 4.36. The maximum Gasteiger partial charge on any atom is 0.143 e. The molecule has 0 amide bonds. The summed E-state index contributed by atoms with van der Waals surface area (Å²) in [6.07, 6.45) is 0. The van der Waals surface area contributed by atoms with E-state index in [2.05, 4.69) is 47.8 Å². The molecule has 0 bridgehead atoms. The van der Waals surface area contributed by atoms with Crippen LogP contribution in [0.2, 0.25) is 0 Å². The van der Waals surface area contributed by atoms with Crippen LogP contribution in [0, 0.1) is 0 Å². The van der Waals surface area contributed by atoms with E-state index in [0.29, 0.717) is 22.8 Å². The Labute approximate surface area is 142 Å². The van der Waals surface area contributed by atoms with Crippen LogP contribution in [-0.4, -0.2) is 12.2 Å². The molecule has 0 aliphatic rings. The van der Waals surface area contributed by atoms with E-state index in [0.717, 1.165) is 13.4 Å². The molecule has 2 aromatic carbocycles. The smallest absolute Gasteiger partial charge is 0.143 e. The molecule has 3 nitrogen and oxygen atoms in total. The third-order valence-electron chi connectivity index (χ3n) is 2.63. The monoisotopic (exact) mass is 464 g/mol. The van der Waals surface area contributed by atoms with Crippen molar-refractivity contribution in [2.75, 3.05) is 7.11 Å². The van der Waals surface area contributed by atoms with E-state index in [1.54, 1.807) is 7.11 Å². The molecular weight excluding hydrogens is 456 g/mol. The minimum Gasteiger partial charge on any atom is -0.496 e. The van der Waals surface area contributed by atoms with Crippen LogP contribution in [0.15, 0.2) is 43.7 Å². The predicted octanol–water partition coefficient (Wildman–Crippen LogP) is 5.27. The molecule has 0 spiro atoms. The average molecular weight is 467 g/mol. The maximum atomic E-state index is 9.36. The first kappa shape index (κ1) is 15.8. The van der Waals surface area contributed by atoms with Crippen LogP contribution >= 0.6 is 47.8 Å². The topological polar surface area (TPSA) is 38.7 Å². The zero-order chi connectivity index (χ0) is 14.7. The number of ether oxygens (including phenoxy) is 2. The zero-order valence-electron chi connectivity index (χ0n) is 10.5. The molecule has 1 N–H and O–H groups in total. The quantitative estimate of drug-likeness (QED) is 0.667. The van der Waals surface area contributed by atoms with Gasteiger partial charge in [-0.3, -0.25) is 0 Å². The number of halogens is 3. The van der Waals surface area contributed by atoms with E-state index in [1.807, 2.05) is 30.3 Å². The van der Waals surface area contributed by atoms with Crippen molar-refractivity contribution in [3.05, 3.63) is 49.3 Å². The van der Waals surface area contributed by atoms with Crippen LogP contribution in [0.3, 0.4) is 0 Å². The minimum absolute atomic E-state index is 0.0858. The van der Waals surface area contributed by atoms with Crippen LogP contribution < -0.4 is 9.47 Å². The molecule has 0 radical (unpaired) electrons. The van der Waals surface area contributed by atoms with Gasteiger partial charge < -0.3 is 14.6 Å². The highest BCUT2D eigenvalue weighted by Crippen LogP contribution is 2.39. The van der Waals surface area contributed by atoms with Gasteiger partial charge in [-0.2, -0.15) is 0 Å².